The third-order valence-electron chi connectivity index (χ3n) is 4.04. The Morgan fingerprint density at radius 2 is 1.58 bits per heavy atom. The number of hydrogen-bond acceptors (Lipinski definition) is 2. The normalized spacial score (nSPS) is 10.6. The first kappa shape index (κ1) is 18.5. The molecule has 0 fully saturated rings. The van der Waals surface area contributed by atoms with Crippen LogP contribution < -0.4 is 0 Å². The van der Waals surface area contributed by atoms with Crippen molar-refractivity contribution in [3.63, 3.8) is 0 Å². The Morgan fingerprint density at radius 3 is 2.29 bits per heavy atom. The Bertz CT molecular complexity index is 635. The van der Waals surface area contributed by atoms with Crippen LogP contribution in [-0.4, -0.2) is 12.6 Å². The van der Waals surface area contributed by atoms with Crippen LogP contribution in [0, 0.1) is 0 Å². The Hall–Kier alpha value is -1.80. The standard InChI is InChI=1S/C21H25ClO2/c1-2-3-4-5-6-9-16-24-21(23)18-14-12-17(13-15-18)19-10-7-8-11-20(19)22/h7-8,10-15H,2-6,9,16H2,1H3. The minimum Gasteiger partial charge on any atom is -0.462 e. The van der Waals surface area contributed by atoms with E-state index >= 15 is 0 Å². The Morgan fingerprint density at radius 1 is 0.917 bits per heavy atom. The summed E-state index contributed by atoms with van der Waals surface area (Å²) in [5.41, 5.74) is 2.54. The molecule has 0 saturated carbocycles. The van der Waals surface area contributed by atoms with E-state index in [-0.39, 0.29) is 5.97 Å². The van der Waals surface area contributed by atoms with E-state index in [4.69, 9.17) is 16.3 Å². The maximum absolute atomic E-state index is 12.0. The highest BCUT2D eigenvalue weighted by atomic mass is 35.5. The summed E-state index contributed by atoms with van der Waals surface area (Å²) in [5, 5.41) is 0.705. The number of benzene rings is 2. The molecule has 24 heavy (non-hydrogen) atoms. The van der Waals surface area contributed by atoms with Crippen molar-refractivity contribution >= 4 is 17.6 Å². The van der Waals surface area contributed by atoms with E-state index in [0.717, 1.165) is 24.0 Å². The van der Waals surface area contributed by atoms with Crippen molar-refractivity contribution in [2.45, 2.75) is 45.4 Å². The van der Waals surface area contributed by atoms with Crippen LogP contribution in [0.4, 0.5) is 0 Å². The molecule has 2 nitrogen and oxygen atoms in total. The van der Waals surface area contributed by atoms with E-state index < -0.39 is 0 Å². The smallest absolute Gasteiger partial charge is 0.338 e. The molecule has 0 atom stereocenters. The summed E-state index contributed by atoms with van der Waals surface area (Å²) in [6.07, 6.45) is 7.09. The molecular weight excluding hydrogens is 320 g/mol. The van der Waals surface area contributed by atoms with Gasteiger partial charge in [0.1, 0.15) is 0 Å². The SMILES string of the molecule is CCCCCCCCOC(=O)c1ccc(-c2ccccc2Cl)cc1. The first-order valence-electron chi connectivity index (χ1n) is 8.74. The van der Waals surface area contributed by atoms with E-state index in [9.17, 15) is 4.79 Å². The molecule has 0 aliphatic carbocycles. The fourth-order valence-corrected chi connectivity index (χ4v) is 2.86. The van der Waals surface area contributed by atoms with Crippen LogP contribution in [0.5, 0.6) is 0 Å². The molecule has 0 aliphatic heterocycles. The first-order valence-corrected chi connectivity index (χ1v) is 9.12. The molecular formula is C21H25ClO2. The largest absolute Gasteiger partial charge is 0.462 e. The molecule has 2 aromatic rings. The van der Waals surface area contributed by atoms with Crippen LogP contribution >= 0.6 is 11.6 Å². The molecule has 0 unspecified atom stereocenters. The second kappa shape index (κ2) is 10.1. The zero-order valence-corrected chi connectivity index (χ0v) is 15.0. The second-order valence-corrected chi connectivity index (χ2v) is 6.37. The van der Waals surface area contributed by atoms with Crippen molar-refractivity contribution in [1.29, 1.82) is 0 Å². The summed E-state index contributed by atoms with van der Waals surface area (Å²) in [7, 11) is 0. The van der Waals surface area contributed by atoms with Gasteiger partial charge in [0, 0.05) is 10.6 Å². The van der Waals surface area contributed by atoms with Gasteiger partial charge in [-0.25, -0.2) is 4.79 Å². The third kappa shape index (κ3) is 5.68. The second-order valence-electron chi connectivity index (χ2n) is 5.96. The lowest BCUT2D eigenvalue weighted by Gasteiger charge is -2.07. The molecule has 0 amide bonds. The minimum atomic E-state index is -0.255. The predicted octanol–water partition coefficient (Wildman–Crippen LogP) is 6.52. The summed E-state index contributed by atoms with van der Waals surface area (Å²) >= 11 is 6.20. The molecule has 2 aromatic carbocycles. The lowest BCUT2D eigenvalue weighted by Crippen LogP contribution is -2.06. The van der Waals surface area contributed by atoms with Crippen LogP contribution in [0.3, 0.4) is 0 Å². The van der Waals surface area contributed by atoms with Crippen LogP contribution in [0.25, 0.3) is 11.1 Å². The van der Waals surface area contributed by atoms with Gasteiger partial charge in [-0.05, 0) is 30.2 Å². The lowest BCUT2D eigenvalue weighted by molar-refractivity contribution is 0.0497. The van der Waals surface area contributed by atoms with Gasteiger partial charge >= 0.3 is 5.97 Å². The number of halogens is 1. The zero-order valence-electron chi connectivity index (χ0n) is 14.3. The highest BCUT2D eigenvalue weighted by Crippen LogP contribution is 2.27. The predicted molar refractivity (Wildman–Crippen MR) is 101 cm³/mol. The quantitative estimate of drug-likeness (QED) is 0.382. The van der Waals surface area contributed by atoms with E-state index in [1.807, 2.05) is 36.4 Å². The highest BCUT2D eigenvalue weighted by molar-refractivity contribution is 6.33. The number of hydrogen-bond donors (Lipinski definition) is 0. The first-order chi connectivity index (χ1) is 11.7. The summed E-state index contributed by atoms with van der Waals surface area (Å²) in [5.74, 6) is -0.255. The van der Waals surface area contributed by atoms with Gasteiger partial charge < -0.3 is 4.74 Å². The van der Waals surface area contributed by atoms with Gasteiger partial charge in [0.2, 0.25) is 0 Å². The summed E-state index contributed by atoms with van der Waals surface area (Å²) in [4.78, 5) is 12.0. The number of unbranched alkanes of at least 4 members (excludes halogenated alkanes) is 5. The number of esters is 1. The van der Waals surface area contributed by atoms with Crippen molar-refractivity contribution in [2.75, 3.05) is 6.61 Å². The van der Waals surface area contributed by atoms with Crippen molar-refractivity contribution in [3.8, 4) is 11.1 Å². The average Bonchev–Trinajstić information content (AvgIpc) is 2.61. The molecule has 0 bridgehead atoms. The summed E-state index contributed by atoms with van der Waals surface area (Å²) in [6, 6.07) is 15.1. The van der Waals surface area contributed by atoms with E-state index in [2.05, 4.69) is 6.92 Å². The van der Waals surface area contributed by atoms with Gasteiger partial charge in [-0.15, -0.1) is 0 Å². The van der Waals surface area contributed by atoms with Crippen molar-refractivity contribution in [3.05, 3.63) is 59.1 Å². The van der Waals surface area contributed by atoms with Crippen LogP contribution in [-0.2, 0) is 4.74 Å². The molecule has 0 saturated heterocycles. The van der Waals surface area contributed by atoms with Crippen LogP contribution in [0.15, 0.2) is 48.5 Å². The van der Waals surface area contributed by atoms with Gasteiger partial charge in [0.05, 0.1) is 12.2 Å². The maximum Gasteiger partial charge on any atom is 0.338 e. The summed E-state index contributed by atoms with van der Waals surface area (Å²) < 4.78 is 5.34. The molecule has 0 aliphatic rings. The number of rotatable bonds is 9. The molecule has 0 N–H and O–H groups in total. The summed E-state index contributed by atoms with van der Waals surface area (Å²) in [6.45, 7) is 2.70. The maximum atomic E-state index is 12.0. The minimum absolute atomic E-state index is 0.255. The molecule has 0 aromatic heterocycles. The van der Waals surface area contributed by atoms with Crippen molar-refractivity contribution in [2.24, 2.45) is 0 Å². The number of ether oxygens (including phenoxy) is 1. The number of carbonyl (C=O) groups excluding carboxylic acids is 1. The van der Waals surface area contributed by atoms with Crippen molar-refractivity contribution < 1.29 is 9.53 Å². The molecule has 0 radical (unpaired) electrons. The van der Waals surface area contributed by atoms with E-state index in [0.29, 0.717) is 17.2 Å². The Labute approximate surface area is 149 Å². The fraction of sp³-hybridized carbons (Fsp3) is 0.381. The van der Waals surface area contributed by atoms with Crippen LogP contribution in [0.2, 0.25) is 5.02 Å². The van der Waals surface area contributed by atoms with Crippen LogP contribution in [0.1, 0.15) is 55.8 Å². The number of carbonyl (C=O) groups is 1. The van der Waals surface area contributed by atoms with Gasteiger partial charge in [-0.3, -0.25) is 0 Å². The molecule has 0 spiro atoms. The van der Waals surface area contributed by atoms with E-state index in [1.54, 1.807) is 12.1 Å². The molecule has 2 rings (SSSR count). The lowest BCUT2D eigenvalue weighted by atomic mass is 10.0. The molecule has 0 heterocycles. The third-order valence-corrected chi connectivity index (χ3v) is 4.37. The van der Waals surface area contributed by atoms with E-state index in [1.165, 1.54) is 25.7 Å². The van der Waals surface area contributed by atoms with Gasteiger partial charge in [0.25, 0.3) is 0 Å². The fourth-order valence-electron chi connectivity index (χ4n) is 2.61. The zero-order chi connectivity index (χ0) is 17.2. The molecule has 128 valence electrons. The van der Waals surface area contributed by atoms with Gasteiger partial charge in [0.15, 0.2) is 0 Å². The highest BCUT2D eigenvalue weighted by Gasteiger charge is 2.08. The molecule has 3 heteroatoms. The van der Waals surface area contributed by atoms with Gasteiger partial charge in [-0.1, -0.05) is 81.0 Å². The Kier molecular flexibility index (Phi) is 7.84. The topological polar surface area (TPSA) is 26.3 Å². The monoisotopic (exact) mass is 344 g/mol. The average molecular weight is 345 g/mol. The van der Waals surface area contributed by atoms with Crippen molar-refractivity contribution in [1.82, 2.24) is 0 Å². The Balaban J connectivity index is 1.80. The van der Waals surface area contributed by atoms with Gasteiger partial charge in [-0.2, -0.15) is 0 Å².